The zero-order valence-corrected chi connectivity index (χ0v) is 9.14. The van der Waals surface area contributed by atoms with Crippen molar-refractivity contribution in [1.82, 2.24) is 0 Å². The number of nitrogens with two attached hydrogens (primary N) is 1. The number of rotatable bonds is 2. The van der Waals surface area contributed by atoms with E-state index in [-0.39, 0.29) is 5.88 Å². The molecule has 0 unspecified atom stereocenters. The summed E-state index contributed by atoms with van der Waals surface area (Å²) in [6, 6.07) is 8.29. The summed E-state index contributed by atoms with van der Waals surface area (Å²) in [5.41, 5.74) is 6.99. The first-order valence-electron chi connectivity index (χ1n) is 4.18. The van der Waals surface area contributed by atoms with E-state index in [9.17, 15) is 4.79 Å². The Kier molecular flexibility index (Phi) is 6.58. The van der Waals surface area contributed by atoms with Crippen molar-refractivity contribution in [2.45, 2.75) is 6.92 Å². The van der Waals surface area contributed by atoms with Crippen LogP contribution in [0.2, 0.25) is 0 Å². The van der Waals surface area contributed by atoms with E-state index >= 15 is 0 Å². The first kappa shape index (κ1) is 12.8. The molecule has 0 heterocycles. The second kappa shape index (κ2) is 7.21. The lowest BCUT2D eigenvalue weighted by Gasteiger charge is -1.98. The van der Waals surface area contributed by atoms with Gasteiger partial charge in [-0.05, 0) is 24.6 Å². The molecular weight excluding hydrogens is 200 g/mol. The van der Waals surface area contributed by atoms with Crippen molar-refractivity contribution in [3.8, 4) is 0 Å². The largest absolute Gasteiger partial charge is 0.388 e. The predicted molar refractivity (Wildman–Crippen MR) is 60.6 cm³/mol. The molecule has 0 aliphatic carbocycles. The van der Waals surface area contributed by atoms with Gasteiger partial charge in [-0.2, -0.15) is 0 Å². The molecule has 3 N–H and O–H groups in total. The Hall–Kier alpha value is -1.22. The van der Waals surface area contributed by atoms with Crippen LogP contribution in [0, 0.1) is 6.92 Å². The minimum Gasteiger partial charge on any atom is -0.388 e. The van der Waals surface area contributed by atoms with Crippen molar-refractivity contribution in [3.63, 3.8) is 0 Å². The number of benzene rings is 1. The average molecular weight is 215 g/mol. The first-order chi connectivity index (χ1) is 6.60. The van der Waals surface area contributed by atoms with Gasteiger partial charge < -0.3 is 11.1 Å². The smallest absolute Gasteiger partial charge is 0.232 e. The zero-order valence-electron chi connectivity index (χ0n) is 8.38. The van der Waals surface area contributed by atoms with Crippen LogP contribution in [-0.2, 0) is 4.79 Å². The summed E-state index contributed by atoms with van der Waals surface area (Å²) < 4.78 is 0. The Morgan fingerprint density at radius 1 is 1.57 bits per heavy atom. The number of hydrogen-bond acceptors (Lipinski definition) is 2. The number of primary amides is 1. The Bertz CT molecular complexity index is 289. The lowest BCUT2D eigenvalue weighted by molar-refractivity contribution is -0.115. The van der Waals surface area contributed by atoms with Gasteiger partial charge >= 0.3 is 0 Å². The topological polar surface area (TPSA) is 55.1 Å². The van der Waals surface area contributed by atoms with Crippen molar-refractivity contribution in [1.29, 1.82) is 0 Å². The Morgan fingerprint density at radius 3 is 2.43 bits per heavy atom. The van der Waals surface area contributed by atoms with Crippen molar-refractivity contribution in [2.75, 3.05) is 18.2 Å². The summed E-state index contributed by atoms with van der Waals surface area (Å²) >= 11 is 4.86. The Morgan fingerprint density at radius 2 is 2.14 bits per heavy atom. The highest BCUT2D eigenvalue weighted by molar-refractivity contribution is 6.27. The molecule has 0 atom stereocenters. The van der Waals surface area contributed by atoms with Crippen LogP contribution in [0.1, 0.15) is 5.56 Å². The second-order valence-electron chi connectivity index (χ2n) is 2.72. The normalized spacial score (nSPS) is 8.50. The average Bonchev–Trinajstić information content (AvgIpc) is 2.18. The van der Waals surface area contributed by atoms with Crippen LogP contribution in [-0.4, -0.2) is 18.8 Å². The van der Waals surface area contributed by atoms with Gasteiger partial charge in [-0.3, -0.25) is 4.79 Å². The molecule has 0 spiro atoms. The highest BCUT2D eigenvalue weighted by atomic mass is 35.5. The maximum atomic E-state index is 9.46. The van der Waals surface area contributed by atoms with Gasteiger partial charge in [0.15, 0.2) is 0 Å². The second-order valence-corrected chi connectivity index (χ2v) is 2.99. The molecule has 0 bridgehead atoms. The van der Waals surface area contributed by atoms with Gasteiger partial charge in [0.1, 0.15) is 5.88 Å². The molecule has 3 nitrogen and oxygen atoms in total. The molecule has 0 aliphatic heterocycles. The maximum Gasteiger partial charge on any atom is 0.232 e. The number of amides is 1. The summed E-state index contributed by atoms with van der Waals surface area (Å²) in [6.07, 6.45) is 0. The molecule has 14 heavy (non-hydrogen) atoms. The monoisotopic (exact) mass is 214 g/mol. The van der Waals surface area contributed by atoms with E-state index in [2.05, 4.69) is 30.1 Å². The summed E-state index contributed by atoms with van der Waals surface area (Å²) in [4.78, 5) is 9.46. The molecule has 0 saturated carbocycles. The van der Waals surface area contributed by atoms with E-state index in [1.54, 1.807) is 0 Å². The molecule has 1 aromatic rings. The summed E-state index contributed by atoms with van der Waals surface area (Å²) in [7, 11) is 1.93. The lowest BCUT2D eigenvalue weighted by Crippen LogP contribution is -2.10. The van der Waals surface area contributed by atoms with Gasteiger partial charge in [-0.15, -0.1) is 11.6 Å². The highest BCUT2D eigenvalue weighted by Gasteiger charge is 1.84. The molecule has 0 aromatic heterocycles. The van der Waals surface area contributed by atoms with Crippen LogP contribution in [0.5, 0.6) is 0 Å². The summed E-state index contributed by atoms with van der Waals surface area (Å²) in [5.74, 6) is -0.563. The van der Waals surface area contributed by atoms with Gasteiger partial charge in [0.25, 0.3) is 0 Å². The van der Waals surface area contributed by atoms with Gasteiger partial charge in [-0.1, -0.05) is 12.1 Å². The van der Waals surface area contributed by atoms with Crippen molar-refractivity contribution in [3.05, 3.63) is 29.8 Å². The van der Waals surface area contributed by atoms with Crippen molar-refractivity contribution >= 4 is 23.2 Å². The molecule has 4 heteroatoms. The van der Waals surface area contributed by atoms with Crippen LogP contribution < -0.4 is 11.1 Å². The molecule has 0 saturated heterocycles. The molecule has 78 valence electrons. The number of hydrogen-bond donors (Lipinski definition) is 2. The molecule has 0 radical (unpaired) electrons. The molecule has 0 fully saturated rings. The minimum absolute atomic E-state index is 0.0833. The molecule has 0 aliphatic rings. The third-order valence-electron chi connectivity index (χ3n) is 1.44. The van der Waals surface area contributed by atoms with Gasteiger partial charge in [0, 0.05) is 12.7 Å². The van der Waals surface area contributed by atoms with Crippen LogP contribution in [0.15, 0.2) is 24.3 Å². The summed E-state index contributed by atoms with van der Waals surface area (Å²) in [6.45, 7) is 2.08. The van der Waals surface area contributed by atoms with Crippen molar-refractivity contribution < 1.29 is 4.79 Å². The lowest BCUT2D eigenvalue weighted by atomic mass is 10.2. The molecule has 1 amide bonds. The van der Waals surface area contributed by atoms with Gasteiger partial charge in [0.2, 0.25) is 5.91 Å². The number of nitrogens with one attached hydrogen (secondary N) is 1. The fourth-order valence-electron chi connectivity index (χ4n) is 0.801. The van der Waals surface area contributed by atoms with E-state index in [1.807, 2.05) is 19.2 Å². The highest BCUT2D eigenvalue weighted by Crippen LogP contribution is 2.07. The number of alkyl halides is 1. The number of halogens is 1. The van der Waals surface area contributed by atoms with Crippen LogP contribution in [0.25, 0.3) is 0 Å². The third-order valence-corrected chi connectivity index (χ3v) is 1.70. The fraction of sp³-hybridized carbons (Fsp3) is 0.300. The van der Waals surface area contributed by atoms with Gasteiger partial charge in [0.05, 0.1) is 0 Å². The third kappa shape index (κ3) is 6.31. The molecule has 1 aromatic carbocycles. The van der Waals surface area contributed by atoms with Gasteiger partial charge in [-0.25, -0.2) is 0 Å². The molecular formula is C10H15ClN2O. The Labute approximate surface area is 89.3 Å². The van der Waals surface area contributed by atoms with E-state index in [1.165, 1.54) is 11.3 Å². The van der Waals surface area contributed by atoms with E-state index in [0.717, 1.165) is 0 Å². The summed E-state index contributed by atoms with van der Waals surface area (Å²) in [5, 5.41) is 3.07. The number of aryl methyl sites for hydroxylation is 1. The van der Waals surface area contributed by atoms with Crippen LogP contribution >= 0.6 is 11.6 Å². The number of carbonyl (C=O) groups is 1. The zero-order chi connectivity index (χ0) is 11.0. The van der Waals surface area contributed by atoms with Crippen LogP contribution in [0.3, 0.4) is 0 Å². The maximum absolute atomic E-state index is 9.46. The van der Waals surface area contributed by atoms with Crippen LogP contribution in [0.4, 0.5) is 5.69 Å². The van der Waals surface area contributed by atoms with E-state index in [4.69, 9.17) is 11.6 Å². The standard InChI is InChI=1S/C8H11N.C2H4ClNO/c1-7-4-3-5-8(6-7)9-2;3-1-2(4)5/h3-6,9H,1-2H3;1H2,(H2,4,5). The first-order valence-corrected chi connectivity index (χ1v) is 4.72. The Balaban J connectivity index is 0.000000292. The van der Waals surface area contributed by atoms with E-state index in [0.29, 0.717) is 0 Å². The SMILES string of the molecule is CNc1cccc(C)c1.NC(=O)CCl. The number of carbonyl (C=O) groups excluding carboxylic acids is 1. The number of anilines is 1. The fourth-order valence-corrected chi connectivity index (χ4v) is 0.801. The molecule has 1 rings (SSSR count). The van der Waals surface area contributed by atoms with Crippen molar-refractivity contribution in [2.24, 2.45) is 5.73 Å². The minimum atomic E-state index is -0.480. The predicted octanol–water partition coefficient (Wildman–Crippen LogP) is 1.75. The van der Waals surface area contributed by atoms with E-state index < -0.39 is 5.91 Å². The quantitative estimate of drug-likeness (QED) is 0.737.